The minimum absolute atomic E-state index is 0.507. The first-order chi connectivity index (χ1) is 10.7. The third-order valence-corrected chi connectivity index (χ3v) is 5.01. The first-order valence-corrected chi connectivity index (χ1v) is 8.53. The molecule has 4 heteroatoms. The van der Waals surface area contributed by atoms with Gasteiger partial charge in [-0.05, 0) is 75.5 Å². The zero-order valence-electron chi connectivity index (χ0n) is 13.3. The van der Waals surface area contributed by atoms with Gasteiger partial charge < -0.3 is 14.9 Å². The highest BCUT2D eigenvalue weighted by atomic mass is 16.4. The number of carboxylic acid groups (broad SMARTS) is 1. The van der Waals surface area contributed by atoms with Crippen LogP contribution in [0, 0.1) is 0 Å². The number of nitrogens with zero attached hydrogens (tertiary/aromatic N) is 2. The molecule has 0 radical (unpaired) electrons. The van der Waals surface area contributed by atoms with E-state index in [1.807, 2.05) is 6.07 Å². The Morgan fingerprint density at radius 2 is 1.50 bits per heavy atom. The molecule has 1 aromatic rings. The van der Waals surface area contributed by atoms with Crippen LogP contribution in [-0.2, 0) is 12.8 Å². The average molecular weight is 302 g/mol. The molecular weight excluding hydrogens is 276 g/mol. The summed E-state index contributed by atoms with van der Waals surface area (Å²) in [5, 5.41) is 9.46. The van der Waals surface area contributed by atoms with Crippen molar-refractivity contribution < 1.29 is 9.90 Å². The van der Waals surface area contributed by atoms with Gasteiger partial charge in [-0.15, -0.1) is 0 Å². The Bertz CT molecular complexity index is 530. The molecule has 3 rings (SSSR count). The molecular formula is C18H26N2O2. The van der Waals surface area contributed by atoms with Crippen molar-refractivity contribution in [3.8, 4) is 0 Å². The maximum atomic E-state index is 11.5. The first kappa shape index (κ1) is 15.5. The first-order valence-electron chi connectivity index (χ1n) is 8.53. The van der Waals surface area contributed by atoms with E-state index < -0.39 is 5.97 Å². The molecule has 1 fully saturated rings. The number of fused-ring (bicyclic) bond motifs is 4. The summed E-state index contributed by atoms with van der Waals surface area (Å²) in [6.45, 7) is 6.95. The number of benzene rings is 1. The molecule has 22 heavy (non-hydrogen) atoms. The van der Waals surface area contributed by atoms with Gasteiger partial charge in [0.1, 0.15) is 0 Å². The van der Waals surface area contributed by atoms with Gasteiger partial charge in [0, 0.05) is 13.1 Å². The van der Waals surface area contributed by atoms with E-state index in [9.17, 15) is 9.90 Å². The van der Waals surface area contributed by atoms with E-state index in [1.54, 1.807) is 6.07 Å². The van der Waals surface area contributed by atoms with Crippen molar-refractivity contribution in [2.75, 3.05) is 39.3 Å². The number of rotatable bonds is 1. The highest BCUT2D eigenvalue weighted by molar-refractivity contribution is 5.89. The van der Waals surface area contributed by atoms with Crippen molar-refractivity contribution in [2.45, 2.75) is 32.1 Å². The van der Waals surface area contributed by atoms with Gasteiger partial charge >= 0.3 is 5.97 Å². The third-order valence-electron chi connectivity index (χ3n) is 5.01. The van der Waals surface area contributed by atoms with E-state index >= 15 is 0 Å². The fraction of sp³-hybridized carbons (Fsp3) is 0.611. The summed E-state index contributed by atoms with van der Waals surface area (Å²) in [5.74, 6) is -0.785. The number of aromatic carboxylic acids is 1. The number of hydrogen-bond acceptors (Lipinski definition) is 3. The Labute approximate surface area is 132 Å². The summed E-state index contributed by atoms with van der Waals surface area (Å²) >= 11 is 0. The molecule has 0 amide bonds. The Kier molecular flexibility index (Phi) is 5.11. The van der Waals surface area contributed by atoms with Crippen molar-refractivity contribution in [1.29, 1.82) is 0 Å². The zero-order chi connectivity index (χ0) is 15.4. The summed E-state index contributed by atoms with van der Waals surface area (Å²) < 4.78 is 0. The second-order valence-corrected chi connectivity index (χ2v) is 6.49. The van der Waals surface area contributed by atoms with Gasteiger partial charge in [-0.25, -0.2) is 4.79 Å². The van der Waals surface area contributed by atoms with Gasteiger partial charge in [-0.2, -0.15) is 0 Å². The number of carbonyl (C=O) groups is 1. The van der Waals surface area contributed by atoms with Crippen LogP contribution in [0.4, 0.5) is 0 Å². The Morgan fingerprint density at radius 3 is 2.18 bits per heavy atom. The summed E-state index contributed by atoms with van der Waals surface area (Å²) in [5.41, 5.74) is 2.82. The van der Waals surface area contributed by atoms with Crippen molar-refractivity contribution in [3.05, 3.63) is 34.9 Å². The van der Waals surface area contributed by atoms with Crippen LogP contribution in [0.3, 0.4) is 0 Å². The van der Waals surface area contributed by atoms with E-state index in [0.29, 0.717) is 5.56 Å². The summed E-state index contributed by atoms with van der Waals surface area (Å²) in [4.78, 5) is 16.6. The van der Waals surface area contributed by atoms with Gasteiger partial charge in [0.15, 0.2) is 0 Å². The maximum Gasteiger partial charge on any atom is 0.335 e. The quantitative estimate of drug-likeness (QED) is 0.864. The van der Waals surface area contributed by atoms with Crippen molar-refractivity contribution in [3.63, 3.8) is 0 Å². The molecule has 0 saturated carbocycles. The Morgan fingerprint density at radius 1 is 0.864 bits per heavy atom. The van der Waals surface area contributed by atoms with E-state index in [1.165, 1.54) is 31.6 Å². The maximum absolute atomic E-state index is 11.5. The Balaban J connectivity index is 1.83. The van der Waals surface area contributed by atoms with E-state index in [0.717, 1.165) is 50.9 Å². The van der Waals surface area contributed by atoms with E-state index in [-0.39, 0.29) is 0 Å². The predicted octanol–water partition coefficient (Wildman–Crippen LogP) is 2.27. The van der Waals surface area contributed by atoms with Gasteiger partial charge in [0.2, 0.25) is 0 Å². The second kappa shape index (κ2) is 7.25. The largest absolute Gasteiger partial charge is 0.478 e. The molecule has 120 valence electrons. The number of carboxylic acids is 1. The highest BCUT2D eigenvalue weighted by Gasteiger charge is 2.18. The van der Waals surface area contributed by atoms with Gasteiger partial charge in [0.25, 0.3) is 0 Å². The fourth-order valence-corrected chi connectivity index (χ4v) is 3.81. The topological polar surface area (TPSA) is 43.8 Å². The molecule has 4 nitrogen and oxygen atoms in total. The Hall–Kier alpha value is -1.39. The standard InChI is InChI=1S/C18H26N2O2/c21-18(22)17-7-1-5-15-6-2-9-19-11-4-12-20(14-13-19)10-3-8-16(15)17/h1,5,7H,2-4,6,8-14H2,(H,21,22). The third kappa shape index (κ3) is 3.68. The molecule has 2 aliphatic heterocycles. The number of hydrogen-bond donors (Lipinski definition) is 1. The van der Waals surface area contributed by atoms with Crippen molar-refractivity contribution in [2.24, 2.45) is 0 Å². The number of aryl methyl sites for hydroxylation is 1. The fourth-order valence-electron chi connectivity index (χ4n) is 3.81. The van der Waals surface area contributed by atoms with Crippen LogP contribution in [0.15, 0.2) is 18.2 Å². The molecule has 0 spiro atoms. The van der Waals surface area contributed by atoms with Gasteiger partial charge in [-0.1, -0.05) is 12.1 Å². The van der Waals surface area contributed by atoms with Gasteiger partial charge in [0.05, 0.1) is 5.56 Å². The predicted molar refractivity (Wildman–Crippen MR) is 87.5 cm³/mol. The smallest absolute Gasteiger partial charge is 0.335 e. The minimum Gasteiger partial charge on any atom is -0.478 e. The highest BCUT2D eigenvalue weighted by Crippen LogP contribution is 2.20. The normalized spacial score (nSPS) is 26.4. The van der Waals surface area contributed by atoms with Crippen LogP contribution in [0.1, 0.15) is 40.7 Å². The molecule has 0 aromatic heterocycles. The molecule has 2 heterocycles. The van der Waals surface area contributed by atoms with E-state index in [2.05, 4.69) is 15.9 Å². The SMILES string of the molecule is O=C(O)c1cccc2c1CCCN1CCCN(CCC2)CC1. The summed E-state index contributed by atoms with van der Waals surface area (Å²) in [6.07, 6.45) is 5.31. The molecule has 1 N–H and O–H groups in total. The van der Waals surface area contributed by atoms with Crippen LogP contribution < -0.4 is 0 Å². The van der Waals surface area contributed by atoms with Gasteiger partial charge in [-0.3, -0.25) is 0 Å². The molecule has 1 saturated heterocycles. The molecule has 2 aliphatic rings. The van der Waals surface area contributed by atoms with Crippen LogP contribution in [0.5, 0.6) is 0 Å². The van der Waals surface area contributed by atoms with Crippen molar-refractivity contribution in [1.82, 2.24) is 9.80 Å². The van der Waals surface area contributed by atoms with Crippen LogP contribution in [0.2, 0.25) is 0 Å². The molecule has 2 bridgehead atoms. The van der Waals surface area contributed by atoms with Crippen molar-refractivity contribution >= 4 is 5.97 Å². The molecule has 2 atom stereocenters. The van der Waals surface area contributed by atoms with E-state index in [4.69, 9.17) is 0 Å². The monoisotopic (exact) mass is 302 g/mol. The lowest BCUT2D eigenvalue weighted by Gasteiger charge is -2.23. The lowest BCUT2D eigenvalue weighted by atomic mass is 9.94. The summed E-state index contributed by atoms with van der Waals surface area (Å²) in [6, 6.07) is 5.78. The lowest BCUT2D eigenvalue weighted by molar-refractivity contribution is 0.0695. The van der Waals surface area contributed by atoms with Crippen LogP contribution >= 0.6 is 0 Å². The minimum atomic E-state index is -0.785. The molecule has 1 aromatic carbocycles. The molecule has 2 unspecified atom stereocenters. The summed E-state index contributed by atoms with van der Waals surface area (Å²) in [7, 11) is 0. The second-order valence-electron chi connectivity index (χ2n) is 6.49. The average Bonchev–Trinajstić information content (AvgIpc) is 2.72. The lowest BCUT2D eigenvalue weighted by Crippen LogP contribution is -2.32. The van der Waals surface area contributed by atoms with Crippen LogP contribution in [-0.4, -0.2) is 60.1 Å². The van der Waals surface area contributed by atoms with Crippen LogP contribution in [0.25, 0.3) is 0 Å². The zero-order valence-corrected chi connectivity index (χ0v) is 13.3. The molecule has 0 aliphatic carbocycles.